The van der Waals surface area contributed by atoms with E-state index in [1.165, 1.54) is 50.6 Å². The molecule has 0 amide bonds. The summed E-state index contributed by atoms with van der Waals surface area (Å²) in [5.41, 5.74) is 12.3. The van der Waals surface area contributed by atoms with E-state index in [2.05, 4.69) is 126 Å². The summed E-state index contributed by atoms with van der Waals surface area (Å²) in [5, 5.41) is 12.2. The van der Waals surface area contributed by atoms with Crippen molar-refractivity contribution in [1.82, 2.24) is 0 Å². The lowest BCUT2D eigenvalue weighted by Gasteiger charge is -2.28. The summed E-state index contributed by atoms with van der Waals surface area (Å²) >= 11 is 0. The smallest absolute Gasteiger partial charge is 0.164 e. The van der Waals surface area contributed by atoms with Gasteiger partial charge in [0.2, 0.25) is 0 Å². The second-order valence-corrected chi connectivity index (χ2v) is 15.9. The Bertz CT molecular complexity index is 1400. The lowest BCUT2D eigenvalue weighted by molar-refractivity contribution is -0.121. The second kappa shape index (κ2) is 14.1. The van der Waals surface area contributed by atoms with E-state index in [1.807, 2.05) is 20.8 Å². The molecule has 0 heterocycles. The zero-order valence-corrected chi connectivity index (χ0v) is 30.9. The molecule has 0 spiro atoms. The van der Waals surface area contributed by atoms with Crippen LogP contribution in [0.2, 0.25) is 0 Å². The average Bonchev–Trinajstić information content (AvgIpc) is 2.94. The van der Waals surface area contributed by atoms with E-state index in [1.54, 1.807) is 0 Å². The molecule has 3 aromatic rings. The summed E-state index contributed by atoms with van der Waals surface area (Å²) in [6.07, 6.45) is 1.47. The molecule has 0 bridgehead atoms. The minimum absolute atomic E-state index is 0.0372. The molecule has 0 atom stereocenters. The molecule has 244 valence electrons. The van der Waals surface area contributed by atoms with Crippen LogP contribution in [0.3, 0.4) is 0 Å². The predicted octanol–water partition coefficient (Wildman–Crippen LogP) is 13.3. The lowest BCUT2D eigenvalue weighted by Crippen LogP contribution is -2.18. The van der Waals surface area contributed by atoms with Crippen molar-refractivity contribution in [2.24, 2.45) is 5.41 Å². The number of carbonyl (C=O) groups is 1. The predicted molar refractivity (Wildman–Crippen MR) is 197 cm³/mol. The van der Waals surface area contributed by atoms with Gasteiger partial charge >= 0.3 is 0 Å². The van der Waals surface area contributed by atoms with Crippen molar-refractivity contribution in [2.75, 3.05) is 0 Å². The zero-order chi connectivity index (χ0) is 34.1. The highest BCUT2D eigenvalue weighted by Gasteiger charge is 2.28. The summed E-state index contributed by atoms with van der Waals surface area (Å²) in [5.74, 6) is 1.85. The van der Waals surface area contributed by atoms with Gasteiger partial charge < -0.3 is 5.11 Å². The Labute approximate surface area is 275 Å². The lowest BCUT2D eigenvalue weighted by atomic mass is 9.76. The standard InChI is InChI=1S/C43H60O2/c1-24(2)30-19-34(26(5)6)40(35(20-30)27(7)8)32-17-16-18-33(42(32)38(44)23-39(45)43(13,14)15)41-36(28(9)10)21-31(25(3)4)22-37(41)29(11)12/h16-29,44H,1-15H3/b38-23-. The van der Waals surface area contributed by atoms with Crippen molar-refractivity contribution >= 4 is 11.5 Å². The Morgan fingerprint density at radius 3 is 1.13 bits per heavy atom. The summed E-state index contributed by atoms with van der Waals surface area (Å²) in [6.45, 7) is 32.8. The quantitative estimate of drug-likeness (QED) is 0.184. The second-order valence-electron chi connectivity index (χ2n) is 15.9. The van der Waals surface area contributed by atoms with Crippen molar-refractivity contribution in [3.63, 3.8) is 0 Å². The largest absolute Gasteiger partial charge is 0.507 e. The maximum absolute atomic E-state index is 13.4. The van der Waals surface area contributed by atoms with Gasteiger partial charge in [-0.25, -0.2) is 0 Å². The molecule has 0 aliphatic carbocycles. The van der Waals surface area contributed by atoms with Gasteiger partial charge in [0, 0.05) is 17.1 Å². The van der Waals surface area contributed by atoms with E-state index in [4.69, 9.17) is 0 Å². The third kappa shape index (κ3) is 7.82. The molecule has 2 heteroatoms. The van der Waals surface area contributed by atoms with E-state index < -0.39 is 5.41 Å². The Morgan fingerprint density at radius 2 is 0.889 bits per heavy atom. The SMILES string of the molecule is CC(C)c1cc(C(C)C)c(-c2cccc(-c3c(C(C)C)cc(C(C)C)cc3C(C)C)c2/C(O)=C/C(=O)C(C)(C)C)c(C(C)C)c1. The zero-order valence-electron chi connectivity index (χ0n) is 30.9. The van der Waals surface area contributed by atoms with Gasteiger partial charge in [-0.1, -0.05) is 146 Å². The fourth-order valence-electron chi connectivity index (χ4n) is 6.19. The van der Waals surface area contributed by atoms with Crippen molar-refractivity contribution in [3.05, 3.63) is 87.5 Å². The van der Waals surface area contributed by atoms with Gasteiger partial charge in [-0.2, -0.15) is 0 Å². The van der Waals surface area contributed by atoms with Gasteiger partial charge in [0.1, 0.15) is 5.76 Å². The molecular weight excluding hydrogens is 548 g/mol. The summed E-state index contributed by atoms with van der Waals surface area (Å²) in [4.78, 5) is 13.4. The molecule has 45 heavy (non-hydrogen) atoms. The van der Waals surface area contributed by atoms with Crippen LogP contribution < -0.4 is 0 Å². The normalized spacial score (nSPS) is 13.0. The highest BCUT2D eigenvalue weighted by Crippen LogP contribution is 2.47. The van der Waals surface area contributed by atoms with Crippen LogP contribution in [0.25, 0.3) is 28.0 Å². The number of aliphatic hydroxyl groups is 1. The van der Waals surface area contributed by atoms with Crippen molar-refractivity contribution < 1.29 is 9.90 Å². The fourth-order valence-corrected chi connectivity index (χ4v) is 6.19. The summed E-state index contributed by atoms with van der Waals surface area (Å²) < 4.78 is 0. The van der Waals surface area contributed by atoms with Crippen LogP contribution >= 0.6 is 0 Å². The Kier molecular flexibility index (Phi) is 11.4. The van der Waals surface area contributed by atoms with Gasteiger partial charge in [0.15, 0.2) is 5.78 Å². The number of aliphatic hydroxyl groups excluding tert-OH is 1. The number of rotatable bonds is 10. The van der Waals surface area contributed by atoms with Crippen LogP contribution in [0.4, 0.5) is 0 Å². The maximum atomic E-state index is 13.4. The maximum Gasteiger partial charge on any atom is 0.164 e. The minimum atomic E-state index is -0.612. The molecule has 0 radical (unpaired) electrons. The first-order valence-corrected chi connectivity index (χ1v) is 17.2. The van der Waals surface area contributed by atoms with Crippen molar-refractivity contribution in [3.8, 4) is 22.3 Å². The van der Waals surface area contributed by atoms with E-state index >= 15 is 0 Å². The third-order valence-electron chi connectivity index (χ3n) is 9.13. The Balaban J connectivity index is 2.68. The van der Waals surface area contributed by atoms with Crippen molar-refractivity contribution in [1.29, 1.82) is 0 Å². The van der Waals surface area contributed by atoms with Crippen LogP contribution in [0.15, 0.2) is 48.5 Å². The molecular formula is C43H60O2. The van der Waals surface area contributed by atoms with Crippen LogP contribution in [0.1, 0.15) is 178 Å². The van der Waals surface area contributed by atoms with Gasteiger partial charge in [-0.05, 0) is 91.1 Å². The average molecular weight is 609 g/mol. The van der Waals surface area contributed by atoms with Crippen LogP contribution in [0, 0.1) is 5.41 Å². The molecule has 0 aromatic heterocycles. The van der Waals surface area contributed by atoms with E-state index in [-0.39, 0.29) is 35.2 Å². The highest BCUT2D eigenvalue weighted by molar-refractivity contribution is 6.02. The topological polar surface area (TPSA) is 37.3 Å². The number of hydrogen-bond donors (Lipinski definition) is 1. The molecule has 0 aliphatic rings. The summed E-state index contributed by atoms with van der Waals surface area (Å²) in [6, 6.07) is 15.9. The monoisotopic (exact) mass is 608 g/mol. The van der Waals surface area contributed by atoms with Gasteiger partial charge in [-0.15, -0.1) is 0 Å². The first-order valence-electron chi connectivity index (χ1n) is 17.2. The molecule has 3 aromatic carbocycles. The first kappa shape index (κ1) is 36.3. The molecule has 1 N–H and O–H groups in total. The van der Waals surface area contributed by atoms with E-state index in [0.29, 0.717) is 11.8 Å². The first-order chi connectivity index (χ1) is 20.8. The van der Waals surface area contributed by atoms with Crippen molar-refractivity contribution in [2.45, 2.75) is 139 Å². The number of ketones is 1. The summed E-state index contributed by atoms with van der Waals surface area (Å²) in [7, 11) is 0. The molecule has 0 unspecified atom stereocenters. The van der Waals surface area contributed by atoms with Gasteiger partial charge in [0.25, 0.3) is 0 Å². The van der Waals surface area contributed by atoms with E-state index in [0.717, 1.165) is 16.7 Å². The molecule has 3 rings (SSSR count). The van der Waals surface area contributed by atoms with E-state index in [9.17, 15) is 9.90 Å². The number of carbonyl (C=O) groups excluding carboxylic acids is 1. The van der Waals surface area contributed by atoms with Gasteiger partial charge in [0.05, 0.1) is 0 Å². The van der Waals surface area contributed by atoms with Crippen LogP contribution in [0.5, 0.6) is 0 Å². The minimum Gasteiger partial charge on any atom is -0.507 e. The number of allylic oxidation sites excluding steroid dienone is 1. The van der Waals surface area contributed by atoms with Crippen LogP contribution in [-0.4, -0.2) is 10.9 Å². The Hall–Kier alpha value is -3.13. The number of hydrogen-bond acceptors (Lipinski definition) is 2. The fraction of sp³-hybridized carbons (Fsp3) is 0.512. The highest BCUT2D eigenvalue weighted by atomic mass is 16.3. The molecule has 0 saturated carbocycles. The van der Waals surface area contributed by atoms with Crippen LogP contribution in [-0.2, 0) is 4.79 Å². The molecule has 0 fully saturated rings. The third-order valence-corrected chi connectivity index (χ3v) is 9.13. The number of benzene rings is 3. The molecule has 0 aliphatic heterocycles. The Morgan fingerprint density at radius 1 is 0.578 bits per heavy atom. The van der Waals surface area contributed by atoms with Gasteiger partial charge in [-0.3, -0.25) is 4.79 Å². The molecule has 0 saturated heterocycles. The molecule has 2 nitrogen and oxygen atoms in total.